The Bertz CT molecular complexity index is 953. The summed E-state index contributed by atoms with van der Waals surface area (Å²) in [7, 11) is -3.56. The number of carbonyl (C=O) groups excluding carboxylic acids is 1. The number of nitrogens with one attached hydrogen (secondary N) is 1. The van der Waals surface area contributed by atoms with Gasteiger partial charge in [-0.3, -0.25) is 4.79 Å². The normalized spacial score (nSPS) is 16.1. The van der Waals surface area contributed by atoms with E-state index in [-0.39, 0.29) is 10.5 Å². The van der Waals surface area contributed by atoms with Gasteiger partial charge in [-0.1, -0.05) is 13.0 Å². The van der Waals surface area contributed by atoms with Gasteiger partial charge in [0.05, 0.1) is 4.90 Å². The van der Waals surface area contributed by atoms with Crippen LogP contribution in [0.3, 0.4) is 0 Å². The molecule has 6 nitrogen and oxygen atoms in total. The number of likely N-dealkylation sites (N-methyl/N-ethyl adjacent to an activating group) is 1. The van der Waals surface area contributed by atoms with E-state index in [1.54, 1.807) is 19.1 Å². The summed E-state index contributed by atoms with van der Waals surface area (Å²) >= 11 is 0. The van der Waals surface area contributed by atoms with Gasteiger partial charge in [0.25, 0.3) is 5.91 Å². The van der Waals surface area contributed by atoms with Crippen LogP contribution < -0.4 is 5.32 Å². The molecule has 1 aliphatic heterocycles. The summed E-state index contributed by atoms with van der Waals surface area (Å²) in [5.41, 5.74) is 1.35. The van der Waals surface area contributed by atoms with Gasteiger partial charge in [-0.05, 0) is 55.4 Å². The molecule has 0 radical (unpaired) electrons. The van der Waals surface area contributed by atoms with Crippen LogP contribution in [0.1, 0.15) is 22.8 Å². The minimum absolute atomic E-state index is 0.192. The average Bonchev–Trinajstić information content (AvgIpc) is 2.70. The van der Waals surface area contributed by atoms with Gasteiger partial charge in [0, 0.05) is 37.4 Å². The first kappa shape index (κ1) is 20.4. The number of aryl methyl sites for hydroxylation is 1. The third-order valence-corrected chi connectivity index (χ3v) is 6.89. The predicted molar refractivity (Wildman–Crippen MR) is 106 cm³/mol. The summed E-state index contributed by atoms with van der Waals surface area (Å²) in [6.45, 7) is 7.06. The van der Waals surface area contributed by atoms with Gasteiger partial charge in [0.2, 0.25) is 10.0 Å². The number of amides is 1. The molecule has 28 heavy (non-hydrogen) atoms. The Morgan fingerprint density at radius 3 is 2.32 bits per heavy atom. The molecule has 0 atom stereocenters. The van der Waals surface area contributed by atoms with Crippen LogP contribution in [0.5, 0.6) is 0 Å². The van der Waals surface area contributed by atoms with Crippen molar-refractivity contribution < 1.29 is 17.6 Å². The predicted octanol–water partition coefficient (Wildman–Crippen LogP) is 2.71. The summed E-state index contributed by atoms with van der Waals surface area (Å²) in [6, 6.07) is 10.1. The molecule has 1 fully saturated rings. The first-order chi connectivity index (χ1) is 13.3. The van der Waals surface area contributed by atoms with Crippen molar-refractivity contribution >= 4 is 21.6 Å². The molecule has 1 heterocycles. The zero-order valence-corrected chi connectivity index (χ0v) is 16.8. The molecule has 0 bridgehead atoms. The highest BCUT2D eigenvalue weighted by Crippen LogP contribution is 2.21. The van der Waals surface area contributed by atoms with E-state index in [2.05, 4.69) is 17.1 Å². The lowest BCUT2D eigenvalue weighted by molar-refractivity contribution is 0.102. The number of piperazine rings is 1. The van der Waals surface area contributed by atoms with Crippen LogP contribution in [0.15, 0.2) is 47.4 Å². The largest absolute Gasteiger partial charge is 0.322 e. The van der Waals surface area contributed by atoms with Crippen LogP contribution in [-0.2, 0) is 10.0 Å². The maximum atomic E-state index is 13.4. The lowest BCUT2D eigenvalue weighted by atomic mass is 10.1. The Morgan fingerprint density at radius 2 is 1.71 bits per heavy atom. The fourth-order valence-electron chi connectivity index (χ4n) is 3.18. The third kappa shape index (κ3) is 4.40. The van der Waals surface area contributed by atoms with Crippen molar-refractivity contribution in [3.05, 3.63) is 59.4 Å². The molecule has 0 spiro atoms. The number of hydrogen-bond donors (Lipinski definition) is 1. The molecule has 1 N–H and O–H groups in total. The fourth-order valence-corrected chi connectivity index (χ4v) is 4.60. The van der Waals surface area contributed by atoms with Crippen molar-refractivity contribution in [1.29, 1.82) is 0 Å². The molecular formula is C20H24FN3O3S. The smallest absolute Gasteiger partial charge is 0.256 e. The molecule has 8 heteroatoms. The minimum atomic E-state index is -3.56. The Labute approximate surface area is 165 Å². The molecular weight excluding hydrogens is 381 g/mol. The van der Waals surface area contributed by atoms with E-state index >= 15 is 0 Å². The van der Waals surface area contributed by atoms with Crippen LogP contribution >= 0.6 is 0 Å². The molecule has 0 unspecified atom stereocenters. The van der Waals surface area contributed by atoms with Crippen molar-refractivity contribution in [3.63, 3.8) is 0 Å². The summed E-state index contributed by atoms with van der Waals surface area (Å²) in [4.78, 5) is 14.8. The zero-order chi connectivity index (χ0) is 20.3. The van der Waals surface area contributed by atoms with Crippen molar-refractivity contribution in [2.24, 2.45) is 0 Å². The van der Waals surface area contributed by atoms with Crippen molar-refractivity contribution in [2.75, 3.05) is 38.0 Å². The number of sulfonamides is 1. The van der Waals surface area contributed by atoms with Gasteiger partial charge in [0.15, 0.2) is 0 Å². The highest BCUT2D eigenvalue weighted by Gasteiger charge is 2.27. The van der Waals surface area contributed by atoms with Crippen LogP contribution in [0.2, 0.25) is 0 Å². The Morgan fingerprint density at radius 1 is 1.07 bits per heavy atom. The quantitative estimate of drug-likeness (QED) is 0.831. The summed E-state index contributed by atoms with van der Waals surface area (Å²) in [5, 5.41) is 2.68. The van der Waals surface area contributed by atoms with E-state index in [0.29, 0.717) is 24.3 Å². The average molecular weight is 405 g/mol. The molecule has 1 aliphatic rings. The molecule has 0 saturated carbocycles. The van der Waals surface area contributed by atoms with Crippen molar-refractivity contribution in [3.8, 4) is 0 Å². The number of hydrogen-bond acceptors (Lipinski definition) is 4. The Hall–Kier alpha value is -2.29. The summed E-state index contributed by atoms with van der Waals surface area (Å²) < 4.78 is 40.5. The SMILES string of the molecule is CCN1CCN(S(=O)(=O)c2ccc(NC(=O)c3cc(F)ccc3C)cc2)CC1. The molecule has 2 aromatic carbocycles. The second kappa shape index (κ2) is 8.38. The van der Waals surface area contributed by atoms with Gasteiger partial charge < -0.3 is 10.2 Å². The van der Waals surface area contributed by atoms with Gasteiger partial charge in [-0.15, -0.1) is 0 Å². The number of carbonyl (C=O) groups is 1. The molecule has 1 amide bonds. The van der Waals surface area contributed by atoms with Gasteiger partial charge >= 0.3 is 0 Å². The maximum absolute atomic E-state index is 13.4. The second-order valence-corrected chi connectivity index (χ2v) is 8.71. The van der Waals surface area contributed by atoms with Crippen molar-refractivity contribution in [2.45, 2.75) is 18.7 Å². The topological polar surface area (TPSA) is 69.7 Å². The van der Waals surface area contributed by atoms with Gasteiger partial charge in [0.1, 0.15) is 5.82 Å². The zero-order valence-electron chi connectivity index (χ0n) is 16.0. The molecule has 1 saturated heterocycles. The fraction of sp³-hybridized carbons (Fsp3) is 0.350. The van der Waals surface area contributed by atoms with E-state index in [1.165, 1.54) is 34.6 Å². The molecule has 0 aliphatic carbocycles. The van der Waals surface area contributed by atoms with Crippen molar-refractivity contribution in [1.82, 2.24) is 9.21 Å². The first-order valence-electron chi connectivity index (χ1n) is 9.21. The number of halogens is 1. The lowest BCUT2D eigenvalue weighted by Gasteiger charge is -2.33. The van der Waals surface area contributed by atoms with E-state index < -0.39 is 21.7 Å². The number of anilines is 1. The lowest BCUT2D eigenvalue weighted by Crippen LogP contribution is -2.48. The van der Waals surface area contributed by atoms with Gasteiger partial charge in [-0.2, -0.15) is 4.31 Å². The highest BCUT2D eigenvalue weighted by molar-refractivity contribution is 7.89. The minimum Gasteiger partial charge on any atom is -0.322 e. The third-order valence-electron chi connectivity index (χ3n) is 4.97. The van der Waals surface area contributed by atoms with Crippen LogP contribution in [0.25, 0.3) is 0 Å². The van der Waals surface area contributed by atoms with Crippen LogP contribution in [-0.4, -0.2) is 56.3 Å². The monoisotopic (exact) mass is 405 g/mol. The first-order valence-corrected chi connectivity index (χ1v) is 10.7. The molecule has 150 valence electrons. The summed E-state index contributed by atoms with van der Waals surface area (Å²) in [5.74, 6) is -0.927. The molecule has 2 aromatic rings. The van der Waals surface area contributed by atoms with E-state index in [0.717, 1.165) is 19.6 Å². The summed E-state index contributed by atoms with van der Waals surface area (Å²) in [6.07, 6.45) is 0. The van der Waals surface area contributed by atoms with Crippen LogP contribution in [0, 0.1) is 12.7 Å². The van der Waals surface area contributed by atoms with E-state index in [9.17, 15) is 17.6 Å². The number of nitrogens with zero attached hydrogens (tertiary/aromatic N) is 2. The highest BCUT2D eigenvalue weighted by atomic mass is 32.2. The molecule has 0 aromatic heterocycles. The van der Waals surface area contributed by atoms with E-state index in [4.69, 9.17) is 0 Å². The van der Waals surface area contributed by atoms with Crippen LogP contribution in [0.4, 0.5) is 10.1 Å². The van der Waals surface area contributed by atoms with Gasteiger partial charge in [-0.25, -0.2) is 12.8 Å². The second-order valence-electron chi connectivity index (χ2n) is 6.78. The number of benzene rings is 2. The number of rotatable bonds is 5. The van der Waals surface area contributed by atoms with E-state index in [1.807, 2.05) is 0 Å². The Balaban J connectivity index is 1.71. The Kier molecular flexibility index (Phi) is 6.12. The standard InChI is InChI=1S/C20H24FN3O3S/c1-3-23-10-12-24(13-11-23)28(26,27)18-8-6-17(7-9-18)22-20(25)19-14-16(21)5-4-15(19)2/h4-9,14H,3,10-13H2,1-2H3,(H,22,25). The maximum Gasteiger partial charge on any atom is 0.256 e. The molecule has 3 rings (SSSR count).